The van der Waals surface area contributed by atoms with Gasteiger partial charge in [0, 0.05) is 36.8 Å². The molecule has 0 bridgehead atoms. The van der Waals surface area contributed by atoms with Crippen molar-refractivity contribution in [2.24, 2.45) is 5.92 Å². The SMILES string of the molecule is COc1ccccc1-c1ccc2c(c1)O[C@@H](CN(C)C(=O)Nc1cccc(F)c1)[C@H](C)CN([C@H](C)CO)S2(=O)=O. The second-order valence-electron chi connectivity index (χ2n) is 9.92. The van der Waals surface area contributed by atoms with Crippen molar-refractivity contribution in [3.8, 4) is 22.6 Å². The fourth-order valence-corrected chi connectivity index (χ4v) is 6.46. The smallest absolute Gasteiger partial charge is 0.321 e. The number of fused-ring (bicyclic) bond motifs is 1. The third-order valence-electron chi connectivity index (χ3n) is 6.96. The van der Waals surface area contributed by atoms with E-state index in [9.17, 15) is 22.7 Å². The molecule has 1 aliphatic heterocycles. The van der Waals surface area contributed by atoms with Gasteiger partial charge in [-0.3, -0.25) is 0 Å². The number of nitrogens with one attached hydrogen (secondary N) is 1. The molecule has 1 heterocycles. The number of ether oxygens (including phenoxy) is 2. The second kappa shape index (κ2) is 12.2. The number of sulfonamides is 1. The van der Waals surface area contributed by atoms with E-state index in [1.807, 2.05) is 31.2 Å². The molecule has 0 fully saturated rings. The molecule has 0 aromatic heterocycles. The number of methoxy groups -OCH3 is 1. The Morgan fingerprint density at radius 1 is 1.20 bits per heavy atom. The predicted molar refractivity (Wildman–Crippen MR) is 150 cm³/mol. The van der Waals surface area contributed by atoms with E-state index in [0.29, 0.717) is 17.0 Å². The van der Waals surface area contributed by atoms with E-state index in [1.165, 1.54) is 33.5 Å². The zero-order valence-electron chi connectivity index (χ0n) is 22.9. The standard InChI is InChI=1S/C29H34FN3O6S/c1-19-16-33(20(2)18-34)40(36,37)28-13-12-21(24-10-5-6-11-25(24)38-4)14-26(28)39-27(19)17-32(3)29(35)31-23-9-7-8-22(30)15-23/h5-15,19-20,27,34H,16-18H2,1-4H3,(H,31,35)/t19-,20-,27+/m1/s1. The first-order chi connectivity index (χ1) is 19.0. The number of amides is 2. The number of hydrogen-bond acceptors (Lipinski definition) is 6. The lowest BCUT2D eigenvalue weighted by atomic mass is 10.0. The number of urea groups is 1. The summed E-state index contributed by atoms with van der Waals surface area (Å²) in [6.07, 6.45) is -0.612. The molecule has 3 aromatic rings. The van der Waals surface area contributed by atoms with Crippen molar-refractivity contribution in [3.05, 3.63) is 72.5 Å². The third-order valence-corrected chi connectivity index (χ3v) is 8.98. The maximum absolute atomic E-state index is 13.8. The molecule has 9 nitrogen and oxygen atoms in total. The van der Waals surface area contributed by atoms with Crippen molar-refractivity contribution in [2.75, 3.05) is 39.2 Å². The van der Waals surface area contributed by atoms with E-state index in [-0.39, 0.29) is 36.3 Å². The Morgan fingerprint density at radius 2 is 1.95 bits per heavy atom. The normalized spacial score (nSPS) is 19.4. The zero-order chi connectivity index (χ0) is 29.0. The van der Waals surface area contributed by atoms with Crippen molar-refractivity contribution < 1.29 is 32.2 Å². The number of aliphatic hydroxyl groups is 1. The Bertz CT molecular complexity index is 1470. The number of hydrogen-bond donors (Lipinski definition) is 2. The van der Waals surface area contributed by atoms with Gasteiger partial charge in [0.25, 0.3) is 0 Å². The summed E-state index contributed by atoms with van der Waals surface area (Å²) in [4.78, 5) is 14.3. The number of likely N-dealkylation sites (N-methyl/N-ethyl adjacent to an activating group) is 1. The molecule has 0 unspecified atom stereocenters. The number of para-hydroxylation sites is 1. The number of carbonyl (C=O) groups excluding carboxylic acids is 1. The molecule has 1 aliphatic rings. The quantitative estimate of drug-likeness (QED) is 0.434. The van der Waals surface area contributed by atoms with Gasteiger partial charge in [-0.1, -0.05) is 37.3 Å². The van der Waals surface area contributed by atoms with Crippen LogP contribution in [-0.2, 0) is 10.0 Å². The number of anilines is 1. The molecule has 3 aromatic carbocycles. The number of rotatable bonds is 7. The van der Waals surface area contributed by atoms with Crippen LogP contribution in [0.5, 0.6) is 11.5 Å². The summed E-state index contributed by atoms with van der Waals surface area (Å²) in [6, 6.07) is 16.6. The monoisotopic (exact) mass is 571 g/mol. The molecule has 4 rings (SSSR count). The van der Waals surface area contributed by atoms with Crippen molar-refractivity contribution >= 4 is 21.7 Å². The molecule has 0 radical (unpaired) electrons. The minimum atomic E-state index is -4.03. The van der Waals surface area contributed by atoms with Gasteiger partial charge in [0.1, 0.15) is 28.3 Å². The largest absolute Gasteiger partial charge is 0.496 e. The topological polar surface area (TPSA) is 108 Å². The van der Waals surface area contributed by atoms with Gasteiger partial charge in [-0.2, -0.15) is 4.31 Å². The van der Waals surface area contributed by atoms with Crippen molar-refractivity contribution in [2.45, 2.75) is 30.9 Å². The number of aliphatic hydroxyl groups excluding tert-OH is 1. The van der Waals surface area contributed by atoms with Crippen LogP contribution >= 0.6 is 0 Å². The molecule has 0 spiro atoms. The Kier molecular flexibility index (Phi) is 8.97. The Balaban J connectivity index is 1.71. The summed E-state index contributed by atoms with van der Waals surface area (Å²) in [5, 5.41) is 12.5. The molecular formula is C29H34FN3O6S. The summed E-state index contributed by atoms with van der Waals surface area (Å²) in [5.74, 6) is -0.0881. The van der Waals surface area contributed by atoms with Gasteiger partial charge < -0.3 is 24.8 Å². The molecular weight excluding hydrogens is 537 g/mol. The van der Waals surface area contributed by atoms with Crippen LogP contribution in [0, 0.1) is 11.7 Å². The fourth-order valence-electron chi connectivity index (χ4n) is 4.63. The van der Waals surface area contributed by atoms with E-state index in [1.54, 1.807) is 39.3 Å². The van der Waals surface area contributed by atoms with Crippen LogP contribution in [0.1, 0.15) is 13.8 Å². The highest BCUT2D eigenvalue weighted by Gasteiger charge is 2.38. The Hall–Kier alpha value is -3.67. The van der Waals surface area contributed by atoms with Gasteiger partial charge in [-0.05, 0) is 48.9 Å². The summed E-state index contributed by atoms with van der Waals surface area (Å²) in [5.41, 5.74) is 1.76. The van der Waals surface area contributed by atoms with E-state index in [0.717, 1.165) is 5.56 Å². The maximum atomic E-state index is 13.8. The number of carbonyl (C=O) groups is 1. The van der Waals surface area contributed by atoms with Crippen LogP contribution in [-0.4, -0.2) is 74.8 Å². The summed E-state index contributed by atoms with van der Waals surface area (Å²) < 4.78 is 54.3. The van der Waals surface area contributed by atoms with Gasteiger partial charge in [-0.15, -0.1) is 0 Å². The molecule has 11 heteroatoms. The molecule has 0 aliphatic carbocycles. The average molecular weight is 572 g/mol. The van der Waals surface area contributed by atoms with Crippen molar-refractivity contribution in [1.29, 1.82) is 0 Å². The zero-order valence-corrected chi connectivity index (χ0v) is 23.7. The van der Waals surface area contributed by atoms with Crippen LogP contribution in [0.15, 0.2) is 71.6 Å². The molecule has 214 valence electrons. The second-order valence-corrected chi connectivity index (χ2v) is 11.8. The van der Waals surface area contributed by atoms with Gasteiger partial charge in [-0.25, -0.2) is 17.6 Å². The van der Waals surface area contributed by atoms with E-state index in [2.05, 4.69) is 5.32 Å². The fraction of sp³-hybridized carbons (Fsp3) is 0.345. The number of halogens is 1. The van der Waals surface area contributed by atoms with Gasteiger partial charge >= 0.3 is 6.03 Å². The van der Waals surface area contributed by atoms with Gasteiger partial charge in [0.2, 0.25) is 10.0 Å². The molecule has 3 atom stereocenters. The van der Waals surface area contributed by atoms with Crippen LogP contribution < -0.4 is 14.8 Å². The maximum Gasteiger partial charge on any atom is 0.321 e. The lowest BCUT2D eigenvalue weighted by Gasteiger charge is -2.37. The Labute approximate surface area is 234 Å². The van der Waals surface area contributed by atoms with Crippen molar-refractivity contribution in [1.82, 2.24) is 9.21 Å². The molecule has 2 N–H and O–H groups in total. The van der Waals surface area contributed by atoms with Gasteiger partial charge in [0.05, 0.1) is 20.3 Å². The van der Waals surface area contributed by atoms with Crippen molar-refractivity contribution in [3.63, 3.8) is 0 Å². The van der Waals surface area contributed by atoms with Crippen LogP contribution in [0.4, 0.5) is 14.9 Å². The number of benzene rings is 3. The number of nitrogens with zero attached hydrogens (tertiary/aromatic N) is 2. The van der Waals surface area contributed by atoms with Crippen LogP contribution in [0.3, 0.4) is 0 Å². The molecule has 0 saturated carbocycles. The first kappa shape index (κ1) is 29.3. The first-order valence-electron chi connectivity index (χ1n) is 12.9. The van der Waals surface area contributed by atoms with Crippen LogP contribution in [0.2, 0.25) is 0 Å². The minimum absolute atomic E-state index is 0.0322. The highest BCUT2D eigenvalue weighted by Crippen LogP contribution is 2.38. The Morgan fingerprint density at radius 3 is 2.65 bits per heavy atom. The molecule has 2 amide bonds. The summed E-state index contributed by atoms with van der Waals surface area (Å²) in [6.45, 7) is 3.31. The first-order valence-corrected chi connectivity index (χ1v) is 14.3. The average Bonchev–Trinajstić information content (AvgIpc) is 2.94. The molecule has 40 heavy (non-hydrogen) atoms. The van der Waals surface area contributed by atoms with Gasteiger partial charge in [0.15, 0.2) is 0 Å². The summed E-state index contributed by atoms with van der Waals surface area (Å²) >= 11 is 0. The van der Waals surface area contributed by atoms with E-state index < -0.39 is 34.0 Å². The predicted octanol–water partition coefficient (Wildman–Crippen LogP) is 4.43. The highest BCUT2D eigenvalue weighted by atomic mass is 32.2. The third kappa shape index (κ3) is 6.22. The minimum Gasteiger partial charge on any atom is -0.496 e. The molecule has 0 saturated heterocycles. The highest BCUT2D eigenvalue weighted by molar-refractivity contribution is 7.89. The van der Waals surface area contributed by atoms with E-state index in [4.69, 9.17) is 9.47 Å². The lowest BCUT2D eigenvalue weighted by molar-refractivity contribution is 0.0830. The lowest BCUT2D eigenvalue weighted by Crippen LogP contribution is -2.50. The van der Waals surface area contributed by atoms with Crippen LogP contribution in [0.25, 0.3) is 11.1 Å². The summed E-state index contributed by atoms with van der Waals surface area (Å²) in [7, 11) is -0.883. The van der Waals surface area contributed by atoms with E-state index >= 15 is 0 Å².